The summed E-state index contributed by atoms with van der Waals surface area (Å²) >= 11 is 0. The molecule has 5 rings (SSSR count). The number of aromatic nitrogens is 4. The van der Waals surface area contributed by atoms with Crippen LogP contribution in [-0.2, 0) is 11.3 Å². The zero-order valence-electron chi connectivity index (χ0n) is 16.0. The number of nitrogens with zero attached hydrogens (tertiary/aromatic N) is 3. The number of carbonyl (C=O) groups is 1. The summed E-state index contributed by atoms with van der Waals surface area (Å²) in [6, 6.07) is 27.2. The molecule has 0 amide bonds. The van der Waals surface area contributed by atoms with Crippen LogP contribution in [0.5, 0.6) is 0 Å². The van der Waals surface area contributed by atoms with Gasteiger partial charge in [0, 0.05) is 22.7 Å². The summed E-state index contributed by atoms with van der Waals surface area (Å²) in [6.07, 6.45) is 1.90. The summed E-state index contributed by atoms with van der Waals surface area (Å²) in [7, 11) is 0. The smallest absolute Gasteiger partial charge is 0.359 e. The van der Waals surface area contributed by atoms with E-state index >= 15 is 0 Å². The highest BCUT2D eigenvalue weighted by molar-refractivity contribution is 6.01. The Morgan fingerprint density at radius 2 is 1.60 bits per heavy atom. The molecule has 0 aliphatic heterocycles. The van der Waals surface area contributed by atoms with Crippen molar-refractivity contribution in [3.63, 3.8) is 0 Å². The quantitative estimate of drug-likeness (QED) is 0.436. The predicted octanol–water partition coefficient (Wildman–Crippen LogP) is 4.77. The van der Waals surface area contributed by atoms with Crippen LogP contribution in [0.1, 0.15) is 16.1 Å². The molecule has 30 heavy (non-hydrogen) atoms. The Hall–Kier alpha value is -4.19. The van der Waals surface area contributed by atoms with Crippen molar-refractivity contribution in [2.24, 2.45) is 0 Å². The number of fused-ring (bicyclic) bond motifs is 1. The monoisotopic (exact) mass is 394 g/mol. The molecule has 0 aliphatic carbocycles. The molecular formula is C24H18N4O2. The highest BCUT2D eigenvalue weighted by atomic mass is 16.5. The lowest BCUT2D eigenvalue weighted by Crippen LogP contribution is -2.06. The van der Waals surface area contributed by atoms with Crippen LogP contribution in [0.15, 0.2) is 91.1 Å². The first kappa shape index (κ1) is 17.9. The predicted molar refractivity (Wildman–Crippen MR) is 114 cm³/mol. The van der Waals surface area contributed by atoms with Crippen molar-refractivity contribution in [3.05, 3.63) is 102 Å². The maximum Gasteiger partial charge on any atom is 0.359 e. The van der Waals surface area contributed by atoms with Crippen LogP contribution in [0.3, 0.4) is 0 Å². The van der Waals surface area contributed by atoms with Crippen molar-refractivity contribution < 1.29 is 9.53 Å². The Balaban J connectivity index is 1.46. The van der Waals surface area contributed by atoms with E-state index in [1.54, 1.807) is 4.68 Å². The lowest BCUT2D eigenvalue weighted by atomic mass is 10.1. The third-order valence-electron chi connectivity index (χ3n) is 4.88. The Kier molecular flexibility index (Phi) is 4.57. The van der Waals surface area contributed by atoms with Crippen molar-refractivity contribution >= 4 is 16.9 Å². The third kappa shape index (κ3) is 3.35. The molecule has 146 valence electrons. The molecule has 2 aromatic heterocycles. The van der Waals surface area contributed by atoms with Crippen molar-refractivity contribution in [3.8, 4) is 16.9 Å². The van der Waals surface area contributed by atoms with Crippen molar-refractivity contribution in [1.82, 2.24) is 20.0 Å². The van der Waals surface area contributed by atoms with Crippen LogP contribution in [0.2, 0.25) is 0 Å². The summed E-state index contributed by atoms with van der Waals surface area (Å²) in [4.78, 5) is 12.7. The first-order chi connectivity index (χ1) is 14.8. The minimum absolute atomic E-state index is 0.0943. The number of H-pyrrole nitrogens is 1. The minimum atomic E-state index is -0.473. The fourth-order valence-electron chi connectivity index (χ4n) is 3.40. The van der Waals surface area contributed by atoms with Gasteiger partial charge in [0.15, 0.2) is 5.69 Å². The van der Waals surface area contributed by atoms with Crippen molar-refractivity contribution in [1.29, 1.82) is 0 Å². The molecule has 0 unspecified atom stereocenters. The molecule has 6 nitrogen and oxygen atoms in total. The maximum atomic E-state index is 12.7. The molecule has 1 N–H and O–H groups in total. The molecule has 0 bridgehead atoms. The van der Waals surface area contributed by atoms with Gasteiger partial charge >= 0.3 is 5.97 Å². The number of rotatable bonds is 5. The van der Waals surface area contributed by atoms with E-state index in [9.17, 15) is 4.79 Å². The van der Waals surface area contributed by atoms with Crippen molar-refractivity contribution in [2.75, 3.05) is 0 Å². The Labute approximate surface area is 172 Å². The summed E-state index contributed by atoms with van der Waals surface area (Å²) < 4.78 is 7.42. The van der Waals surface area contributed by atoms with E-state index in [0.29, 0.717) is 0 Å². The van der Waals surface area contributed by atoms with E-state index in [-0.39, 0.29) is 12.3 Å². The third-order valence-corrected chi connectivity index (χ3v) is 4.88. The number of carbonyl (C=O) groups excluding carboxylic acids is 1. The fraction of sp³-hybridized carbons (Fsp3) is 0.0417. The number of hydrogen-bond acceptors (Lipinski definition) is 4. The van der Waals surface area contributed by atoms with E-state index in [4.69, 9.17) is 9.84 Å². The second-order valence-corrected chi connectivity index (χ2v) is 6.84. The van der Waals surface area contributed by atoms with Gasteiger partial charge in [-0.25, -0.2) is 9.48 Å². The van der Waals surface area contributed by atoms with Crippen LogP contribution in [-0.4, -0.2) is 25.9 Å². The van der Waals surface area contributed by atoms with Gasteiger partial charge in [-0.1, -0.05) is 66.7 Å². The van der Waals surface area contributed by atoms with Crippen LogP contribution >= 0.6 is 0 Å². The van der Waals surface area contributed by atoms with Gasteiger partial charge in [0.05, 0.1) is 16.9 Å². The topological polar surface area (TPSA) is 72.8 Å². The summed E-state index contributed by atoms with van der Waals surface area (Å²) in [5.41, 5.74) is 4.57. The number of para-hydroxylation sites is 2. The lowest BCUT2D eigenvalue weighted by Gasteiger charge is -2.04. The molecule has 3 aromatic carbocycles. The number of nitrogens with one attached hydrogen (secondary N) is 1. The van der Waals surface area contributed by atoms with Gasteiger partial charge < -0.3 is 4.74 Å². The molecule has 6 heteroatoms. The molecular weight excluding hydrogens is 376 g/mol. The molecule has 0 saturated heterocycles. The molecule has 0 saturated carbocycles. The fourth-order valence-corrected chi connectivity index (χ4v) is 3.40. The minimum Gasteiger partial charge on any atom is -0.456 e. The summed E-state index contributed by atoms with van der Waals surface area (Å²) in [6.45, 7) is 0.0943. The number of aromatic amines is 1. The first-order valence-corrected chi connectivity index (χ1v) is 9.59. The number of hydrogen-bond donors (Lipinski definition) is 1. The first-order valence-electron chi connectivity index (χ1n) is 9.59. The van der Waals surface area contributed by atoms with E-state index < -0.39 is 5.97 Å². The molecule has 0 spiro atoms. The normalized spacial score (nSPS) is 10.9. The van der Waals surface area contributed by atoms with Gasteiger partial charge in [0.2, 0.25) is 0 Å². The van der Waals surface area contributed by atoms with Crippen LogP contribution < -0.4 is 0 Å². The molecule has 0 aliphatic rings. The molecule has 0 fully saturated rings. The van der Waals surface area contributed by atoms with E-state index in [1.807, 2.05) is 91.1 Å². The number of esters is 1. The SMILES string of the molecule is O=C(OCc1cn(-c2ccccc2)nc1-c1ccccc1)c1n[nH]c2ccccc12. The number of ether oxygens (including phenoxy) is 1. The second kappa shape index (κ2) is 7.67. The van der Waals surface area contributed by atoms with Gasteiger partial charge in [0.1, 0.15) is 6.61 Å². The van der Waals surface area contributed by atoms with E-state index in [2.05, 4.69) is 10.2 Å². The molecule has 0 atom stereocenters. The lowest BCUT2D eigenvalue weighted by molar-refractivity contribution is 0.0468. The van der Waals surface area contributed by atoms with Gasteiger partial charge in [-0.05, 0) is 18.2 Å². The highest BCUT2D eigenvalue weighted by Crippen LogP contribution is 2.25. The zero-order valence-corrected chi connectivity index (χ0v) is 16.0. The van der Waals surface area contributed by atoms with E-state index in [1.165, 1.54) is 0 Å². The van der Waals surface area contributed by atoms with Gasteiger partial charge in [-0.15, -0.1) is 0 Å². The maximum absolute atomic E-state index is 12.7. The molecule has 0 radical (unpaired) electrons. The summed E-state index contributed by atoms with van der Waals surface area (Å²) in [5, 5.41) is 12.5. The second-order valence-electron chi connectivity index (χ2n) is 6.84. The van der Waals surface area contributed by atoms with Gasteiger partial charge in [-0.2, -0.15) is 10.2 Å². The largest absolute Gasteiger partial charge is 0.456 e. The molecule has 5 aromatic rings. The van der Waals surface area contributed by atoms with Gasteiger partial charge in [0.25, 0.3) is 0 Å². The Morgan fingerprint density at radius 3 is 2.40 bits per heavy atom. The average molecular weight is 394 g/mol. The van der Waals surface area contributed by atoms with Crippen LogP contribution in [0, 0.1) is 0 Å². The van der Waals surface area contributed by atoms with Crippen LogP contribution in [0.25, 0.3) is 27.8 Å². The van der Waals surface area contributed by atoms with Crippen LogP contribution in [0.4, 0.5) is 0 Å². The Bertz CT molecular complexity index is 1310. The standard InChI is InChI=1S/C24H18N4O2/c29-24(23-20-13-7-8-14-21(20)25-26-23)30-16-18-15-28(19-11-5-2-6-12-19)27-22(18)17-9-3-1-4-10-17/h1-15H,16H2,(H,25,26). The van der Waals surface area contributed by atoms with Crippen molar-refractivity contribution in [2.45, 2.75) is 6.61 Å². The summed E-state index contributed by atoms with van der Waals surface area (Å²) in [5.74, 6) is -0.473. The molecule has 2 heterocycles. The van der Waals surface area contributed by atoms with E-state index in [0.717, 1.165) is 33.4 Å². The average Bonchev–Trinajstić information content (AvgIpc) is 3.43. The Morgan fingerprint density at radius 1 is 0.900 bits per heavy atom. The highest BCUT2D eigenvalue weighted by Gasteiger charge is 2.18. The van der Waals surface area contributed by atoms with Gasteiger partial charge in [-0.3, -0.25) is 5.10 Å². The number of benzene rings is 3. The zero-order chi connectivity index (χ0) is 20.3.